The molecule has 1 aliphatic heterocycles. The largest absolute Gasteiger partial charge is 0.474 e. The quantitative estimate of drug-likeness (QED) is 0.561. The maximum Gasteiger partial charge on any atom is 0.264 e. The molecule has 2 heterocycles. The van der Waals surface area contributed by atoms with Gasteiger partial charge in [-0.15, -0.1) is 0 Å². The lowest BCUT2D eigenvalue weighted by Crippen LogP contribution is -2.38. The van der Waals surface area contributed by atoms with Crippen molar-refractivity contribution >= 4 is 33.2 Å². The number of ether oxygens (including phenoxy) is 1. The van der Waals surface area contributed by atoms with Crippen molar-refractivity contribution in [2.75, 3.05) is 29.8 Å². The molecule has 35 heavy (non-hydrogen) atoms. The Bertz CT molecular complexity index is 1300. The molecule has 2 aromatic carbocycles. The molecule has 3 aromatic rings. The molecule has 0 atom stereocenters. The van der Waals surface area contributed by atoms with E-state index in [4.69, 9.17) is 4.74 Å². The highest BCUT2D eigenvalue weighted by Crippen LogP contribution is 2.35. The van der Waals surface area contributed by atoms with Crippen molar-refractivity contribution in [1.29, 1.82) is 0 Å². The average molecular weight is 497 g/mol. The Morgan fingerprint density at radius 2 is 1.80 bits per heavy atom. The van der Waals surface area contributed by atoms with Crippen molar-refractivity contribution in [2.45, 2.75) is 25.2 Å². The Labute approximate surface area is 205 Å². The average Bonchev–Trinajstić information content (AvgIpc) is 2.84. The zero-order valence-corrected chi connectivity index (χ0v) is 20.6. The topological polar surface area (TPSA) is 118 Å². The fourth-order valence-corrected chi connectivity index (χ4v) is 4.83. The van der Waals surface area contributed by atoms with Crippen LogP contribution >= 0.6 is 0 Å². The fraction of sp³-hybridized carbons (Fsp3) is 0.240. The lowest BCUT2D eigenvalue weighted by Gasteiger charge is -2.30. The first-order chi connectivity index (χ1) is 16.7. The number of pyridine rings is 1. The number of anilines is 2. The van der Waals surface area contributed by atoms with E-state index in [1.54, 1.807) is 31.3 Å². The lowest BCUT2D eigenvalue weighted by molar-refractivity contribution is -0.118. The number of carbonyl (C=O) groups excluding carboxylic acids is 2. The van der Waals surface area contributed by atoms with Crippen LogP contribution in [0.3, 0.4) is 0 Å². The van der Waals surface area contributed by atoms with Crippen LogP contribution in [-0.2, 0) is 26.0 Å². The van der Waals surface area contributed by atoms with Gasteiger partial charge in [0.2, 0.25) is 17.7 Å². The zero-order valence-electron chi connectivity index (χ0n) is 19.8. The van der Waals surface area contributed by atoms with Gasteiger partial charge in [-0.05, 0) is 36.2 Å². The molecule has 2 N–H and O–H groups in total. The molecule has 0 radical (unpaired) electrons. The number of amides is 2. The van der Waals surface area contributed by atoms with Gasteiger partial charge in [-0.3, -0.25) is 13.9 Å². The number of aromatic nitrogens is 1. The maximum atomic E-state index is 13.2. The minimum Gasteiger partial charge on any atom is -0.474 e. The third kappa shape index (κ3) is 6.80. The molecule has 0 unspecified atom stereocenters. The molecule has 0 spiro atoms. The number of aryl methyl sites for hydroxylation is 1. The minimum atomic E-state index is -3.79. The van der Waals surface area contributed by atoms with Gasteiger partial charge in [-0.1, -0.05) is 42.5 Å². The number of hydrogen-bond donors (Lipinski definition) is 2. The SMILES string of the molecule is CNC(C)=O.Cc1cccc(S(=O)(=O)N2CCOc3ncc(NC(=O)Cc4ccccc4)cc32)c1. The number of rotatable bonds is 5. The summed E-state index contributed by atoms with van der Waals surface area (Å²) in [5.74, 6) is 0.0105. The lowest BCUT2D eigenvalue weighted by atomic mass is 10.1. The number of benzene rings is 2. The van der Waals surface area contributed by atoms with Gasteiger partial charge in [0.1, 0.15) is 12.3 Å². The summed E-state index contributed by atoms with van der Waals surface area (Å²) >= 11 is 0. The van der Waals surface area contributed by atoms with Crippen LogP contribution in [0.25, 0.3) is 0 Å². The van der Waals surface area contributed by atoms with Crippen molar-refractivity contribution < 1.29 is 22.7 Å². The zero-order chi connectivity index (χ0) is 25.4. The molecule has 4 rings (SSSR count). The van der Waals surface area contributed by atoms with Crippen LogP contribution in [0.2, 0.25) is 0 Å². The van der Waals surface area contributed by atoms with E-state index in [1.807, 2.05) is 43.3 Å². The molecule has 1 aromatic heterocycles. The smallest absolute Gasteiger partial charge is 0.264 e. The van der Waals surface area contributed by atoms with Crippen LogP contribution < -0.4 is 19.7 Å². The summed E-state index contributed by atoms with van der Waals surface area (Å²) in [7, 11) is -2.19. The number of fused-ring (bicyclic) bond motifs is 1. The number of nitrogens with one attached hydrogen (secondary N) is 2. The Morgan fingerprint density at radius 3 is 2.46 bits per heavy atom. The number of nitrogens with zero attached hydrogens (tertiary/aromatic N) is 2. The van der Waals surface area contributed by atoms with Crippen LogP contribution in [-0.4, -0.2) is 45.4 Å². The Kier molecular flexibility index (Phi) is 8.43. The van der Waals surface area contributed by atoms with Gasteiger partial charge in [0.05, 0.1) is 29.7 Å². The highest BCUT2D eigenvalue weighted by molar-refractivity contribution is 7.92. The molecule has 9 nitrogen and oxygen atoms in total. The Hall–Kier alpha value is -3.92. The molecule has 0 saturated carbocycles. The van der Waals surface area contributed by atoms with Crippen LogP contribution in [0.4, 0.5) is 11.4 Å². The highest BCUT2D eigenvalue weighted by atomic mass is 32.2. The summed E-state index contributed by atoms with van der Waals surface area (Å²) in [5, 5.41) is 5.17. The standard InChI is InChI=1S/C22H21N3O4S.C3H7NO/c1-16-6-5-9-19(12-16)30(27,28)25-10-11-29-22-20(25)14-18(15-23-22)24-21(26)13-17-7-3-2-4-8-17;1-3(5)4-2/h2-9,12,14-15H,10-11,13H2,1H3,(H,24,26);1-2H3,(H,4,5). The van der Waals surface area contributed by atoms with E-state index in [-0.39, 0.29) is 42.2 Å². The summed E-state index contributed by atoms with van der Waals surface area (Å²) in [6.45, 7) is 3.67. The van der Waals surface area contributed by atoms with Gasteiger partial charge >= 0.3 is 0 Å². The van der Waals surface area contributed by atoms with Crippen molar-refractivity contribution in [1.82, 2.24) is 10.3 Å². The minimum absolute atomic E-state index is 0.00463. The molecule has 184 valence electrons. The summed E-state index contributed by atoms with van der Waals surface area (Å²) in [6.07, 6.45) is 1.67. The molecule has 0 fully saturated rings. The van der Waals surface area contributed by atoms with Gasteiger partial charge < -0.3 is 15.4 Å². The predicted octanol–water partition coefficient (Wildman–Crippen LogP) is 2.91. The highest BCUT2D eigenvalue weighted by Gasteiger charge is 2.31. The number of sulfonamides is 1. The molecule has 0 aliphatic carbocycles. The first kappa shape index (κ1) is 25.7. The van der Waals surface area contributed by atoms with Crippen molar-refractivity contribution in [3.8, 4) is 5.88 Å². The first-order valence-electron chi connectivity index (χ1n) is 10.9. The predicted molar refractivity (Wildman–Crippen MR) is 134 cm³/mol. The molecular weight excluding hydrogens is 468 g/mol. The first-order valence-corrected chi connectivity index (χ1v) is 12.4. The van der Waals surface area contributed by atoms with Crippen molar-refractivity contribution in [2.24, 2.45) is 0 Å². The van der Waals surface area contributed by atoms with Crippen LogP contribution in [0, 0.1) is 6.92 Å². The van der Waals surface area contributed by atoms with Gasteiger partial charge in [0.15, 0.2) is 0 Å². The van der Waals surface area contributed by atoms with Crippen LogP contribution in [0.1, 0.15) is 18.1 Å². The van der Waals surface area contributed by atoms with Crippen LogP contribution in [0.5, 0.6) is 5.88 Å². The van der Waals surface area contributed by atoms with E-state index in [9.17, 15) is 18.0 Å². The third-order valence-corrected chi connectivity index (χ3v) is 6.86. The number of hydrogen-bond acceptors (Lipinski definition) is 6. The molecule has 0 saturated heterocycles. The Morgan fingerprint density at radius 1 is 1.09 bits per heavy atom. The summed E-state index contributed by atoms with van der Waals surface area (Å²) in [4.78, 5) is 26.5. The molecular formula is C25H28N4O5S. The van der Waals surface area contributed by atoms with Crippen LogP contribution in [0.15, 0.2) is 71.8 Å². The van der Waals surface area contributed by atoms with E-state index in [0.29, 0.717) is 11.4 Å². The molecule has 2 amide bonds. The normalized spacial score (nSPS) is 12.4. The van der Waals surface area contributed by atoms with Crippen molar-refractivity contribution in [3.63, 3.8) is 0 Å². The monoisotopic (exact) mass is 496 g/mol. The van der Waals surface area contributed by atoms with E-state index in [2.05, 4.69) is 15.6 Å². The van der Waals surface area contributed by atoms with E-state index >= 15 is 0 Å². The van der Waals surface area contributed by atoms with E-state index in [1.165, 1.54) is 17.4 Å². The van der Waals surface area contributed by atoms with E-state index < -0.39 is 10.0 Å². The second kappa shape index (κ2) is 11.5. The fourth-order valence-electron chi connectivity index (χ4n) is 3.28. The summed E-state index contributed by atoms with van der Waals surface area (Å²) in [6, 6.07) is 17.7. The maximum absolute atomic E-state index is 13.2. The molecule has 10 heteroatoms. The molecule has 0 bridgehead atoms. The second-order valence-electron chi connectivity index (χ2n) is 7.81. The van der Waals surface area contributed by atoms with Gasteiger partial charge in [0.25, 0.3) is 10.0 Å². The summed E-state index contributed by atoms with van der Waals surface area (Å²) < 4.78 is 33.3. The second-order valence-corrected chi connectivity index (χ2v) is 9.67. The Balaban J connectivity index is 0.000000623. The molecule has 1 aliphatic rings. The van der Waals surface area contributed by atoms with Crippen molar-refractivity contribution in [3.05, 3.63) is 78.0 Å². The summed E-state index contributed by atoms with van der Waals surface area (Å²) in [5.41, 5.74) is 2.45. The van der Waals surface area contributed by atoms with Gasteiger partial charge in [-0.2, -0.15) is 0 Å². The van der Waals surface area contributed by atoms with E-state index in [0.717, 1.165) is 11.1 Å². The third-order valence-electron chi connectivity index (χ3n) is 5.05. The van der Waals surface area contributed by atoms with Gasteiger partial charge in [-0.25, -0.2) is 13.4 Å². The number of carbonyl (C=O) groups is 2. The van der Waals surface area contributed by atoms with Gasteiger partial charge in [0, 0.05) is 14.0 Å².